The summed E-state index contributed by atoms with van der Waals surface area (Å²) in [5.74, 6) is 0.143. The molecule has 0 aliphatic carbocycles. The van der Waals surface area contributed by atoms with Crippen LogP contribution < -0.4 is 10.1 Å². The molecule has 150 valence electrons. The second-order valence-electron chi connectivity index (χ2n) is 6.84. The fourth-order valence-electron chi connectivity index (χ4n) is 2.61. The van der Waals surface area contributed by atoms with Crippen LogP contribution in [0.4, 0.5) is 5.69 Å². The molecule has 0 spiro atoms. The Kier molecular flexibility index (Phi) is 8.05. The molecule has 0 fully saturated rings. The van der Waals surface area contributed by atoms with Crippen LogP contribution in [-0.4, -0.2) is 24.6 Å². The lowest BCUT2D eigenvalue weighted by atomic mass is 10.1. The number of amides is 1. The lowest BCUT2D eigenvalue weighted by molar-refractivity contribution is -0.122. The number of rotatable bonds is 9. The van der Waals surface area contributed by atoms with Crippen molar-refractivity contribution < 1.29 is 19.1 Å². The Labute approximate surface area is 167 Å². The summed E-state index contributed by atoms with van der Waals surface area (Å²) < 4.78 is 11.1. The molecule has 1 atom stereocenters. The summed E-state index contributed by atoms with van der Waals surface area (Å²) in [6.07, 6.45) is 1.76. The predicted octanol–water partition coefficient (Wildman–Crippen LogP) is 5.06. The van der Waals surface area contributed by atoms with Crippen molar-refractivity contribution in [2.24, 2.45) is 0 Å². The first-order chi connectivity index (χ1) is 13.4. The van der Waals surface area contributed by atoms with Gasteiger partial charge in [0.15, 0.2) is 6.10 Å². The first-order valence-corrected chi connectivity index (χ1v) is 9.76. The van der Waals surface area contributed by atoms with Gasteiger partial charge in [0, 0.05) is 5.69 Å². The number of hydrogen-bond donors (Lipinski definition) is 1. The van der Waals surface area contributed by atoms with E-state index < -0.39 is 6.10 Å². The highest BCUT2D eigenvalue weighted by atomic mass is 16.5. The second-order valence-corrected chi connectivity index (χ2v) is 6.84. The van der Waals surface area contributed by atoms with E-state index in [-0.39, 0.29) is 11.9 Å². The molecule has 0 saturated heterocycles. The van der Waals surface area contributed by atoms with Crippen LogP contribution >= 0.6 is 0 Å². The number of nitrogens with one attached hydrogen (secondary N) is 1. The van der Waals surface area contributed by atoms with Gasteiger partial charge < -0.3 is 14.8 Å². The van der Waals surface area contributed by atoms with Gasteiger partial charge >= 0.3 is 5.97 Å². The Bertz CT molecular complexity index is 799. The zero-order valence-corrected chi connectivity index (χ0v) is 17.1. The van der Waals surface area contributed by atoms with Crippen LogP contribution in [0.25, 0.3) is 0 Å². The average molecular weight is 383 g/mol. The maximum atomic E-state index is 12.6. The fraction of sp³-hybridized carbons (Fsp3) is 0.391. The van der Waals surface area contributed by atoms with Gasteiger partial charge in [0.1, 0.15) is 5.75 Å². The van der Waals surface area contributed by atoms with Gasteiger partial charge in [-0.1, -0.05) is 32.4 Å². The number of ether oxygens (including phenoxy) is 2. The van der Waals surface area contributed by atoms with Crippen molar-refractivity contribution in [3.05, 3.63) is 59.2 Å². The minimum Gasteiger partial charge on any atom is -0.480 e. The van der Waals surface area contributed by atoms with Crippen molar-refractivity contribution >= 4 is 17.6 Å². The fourth-order valence-corrected chi connectivity index (χ4v) is 2.61. The van der Waals surface area contributed by atoms with E-state index in [1.54, 1.807) is 24.3 Å². The van der Waals surface area contributed by atoms with Gasteiger partial charge in [-0.05, 0) is 68.1 Å². The minimum absolute atomic E-state index is 0.221. The summed E-state index contributed by atoms with van der Waals surface area (Å²) in [6, 6.07) is 12.6. The molecular formula is C23H29NO4. The Hall–Kier alpha value is -2.82. The molecule has 28 heavy (non-hydrogen) atoms. The topological polar surface area (TPSA) is 64.6 Å². The van der Waals surface area contributed by atoms with Crippen molar-refractivity contribution in [1.29, 1.82) is 0 Å². The zero-order chi connectivity index (χ0) is 20.5. The van der Waals surface area contributed by atoms with E-state index in [4.69, 9.17) is 9.47 Å². The van der Waals surface area contributed by atoms with Gasteiger partial charge in [-0.2, -0.15) is 0 Å². The summed E-state index contributed by atoms with van der Waals surface area (Å²) in [5.41, 5.74) is 3.14. The molecule has 5 heteroatoms. The molecule has 0 aliphatic heterocycles. The summed E-state index contributed by atoms with van der Waals surface area (Å²) in [6.45, 7) is 8.31. The monoisotopic (exact) mass is 383 g/mol. The predicted molar refractivity (Wildman–Crippen MR) is 111 cm³/mol. The van der Waals surface area contributed by atoms with E-state index in [9.17, 15) is 9.59 Å². The summed E-state index contributed by atoms with van der Waals surface area (Å²) in [4.78, 5) is 24.6. The molecule has 1 unspecified atom stereocenters. The molecule has 0 bridgehead atoms. The van der Waals surface area contributed by atoms with Crippen molar-refractivity contribution in [3.63, 3.8) is 0 Å². The number of carbonyl (C=O) groups is 2. The van der Waals surface area contributed by atoms with Gasteiger partial charge in [-0.3, -0.25) is 4.79 Å². The molecule has 5 nitrogen and oxygen atoms in total. The molecule has 0 aliphatic rings. The molecule has 0 radical (unpaired) electrons. The van der Waals surface area contributed by atoms with Crippen LogP contribution in [0.3, 0.4) is 0 Å². The molecule has 1 amide bonds. The van der Waals surface area contributed by atoms with Crippen molar-refractivity contribution in [2.45, 2.75) is 53.1 Å². The Morgan fingerprint density at radius 3 is 2.39 bits per heavy atom. The number of esters is 1. The van der Waals surface area contributed by atoms with Crippen molar-refractivity contribution in [1.82, 2.24) is 0 Å². The maximum absolute atomic E-state index is 12.6. The molecule has 0 saturated carbocycles. The average Bonchev–Trinajstić information content (AvgIpc) is 2.69. The third kappa shape index (κ3) is 6.12. The third-order valence-electron chi connectivity index (χ3n) is 4.40. The number of aryl methyl sites for hydroxylation is 2. The minimum atomic E-state index is -0.598. The van der Waals surface area contributed by atoms with Gasteiger partial charge in [-0.15, -0.1) is 0 Å². The van der Waals surface area contributed by atoms with Crippen LogP contribution in [0.5, 0.6) is 5.75 Å². The number of unbranched alkanes of at least 4 members (excludes halogenated alkanes) is 1. The van der Waals surface area contributed by atoms with Crippen LogP contribution in [0.1, 0.15) is 54.6 Å². The second kappa shape index (κ2) is 10.5. The molecular weight excluding hydrogens is 354 g/mol. The van der Waals surface area contributed by atoms with Crippen LogP contribution in [0.15, 0.2) is 42.5 Å². The number of carbonyl (C=O) groups excluding carboxylic acids is 2. The van der Waals surface area contributed by atoms with E-state index in [1.165, 1.54) is 0 Å². The smallest absolute Gasteiger partial charge is 0.338 e. The van der Waals surface area contributed by atoms with Gasteiger partial charge in [0.25, 0.3) is 5.91 Å². The molecule has 2 aromatic rings. The quantitative estimate of drug-likeness (QED) is 0.486. The number of anilines is 1. The highest BCUT2D eigenvalue weighted by Crippen LogP contribution is 2.22. The lowest BCUT2D eigenvalue weighted by Crippen LogP contribution is -2.32. The summed E-state index contributed by atoms with van der Waals surface area (Å²) in [7, 11) is 0. The molecule has 2 aromatic carbocycles. The molecule has 1 N–H and O–H groups in total. The molecule has 0 aromatic heterocycles. The van der Waals surface area contributed by atoms with Crippen LogP contribution in [-0.2, 0) is 9.53 Å². The normalized spacial score (nSPS) is 11.6. The van der Waals surface area contributed by atoms with E-state index in [2.05, 4.69) is 5.32 Å². The number of hydrogen-bond acceptors (Lipinski definition) is 4. The molecule has 2 rings (SSSR count). The first-order valence-electron chi connectivity index (χ1n) is 9.76. The van der Waals surface area contributed by atoms with E-state index >= 15 is 0 Å². The third-order valence-corrected chi connectivity index (χ3v) is 4.40. The highest BCUT2D eigenvalue weighted by Gasteiger charge is 2.19. The summed E-state index contributed by atoms with van der Waals surface area (Å²) >= 11 is 0. The van der Waals surface area contributed by atoms with Gasteiger partial charge in [-0.25, -0.2) is 4.79 Å². The van der Waals surface area contributed by atoms with E-state index in [0.29, 0.717) is 30.0 Å². The lowest BCUT2D eigenvalue weighted by Gasteiger charge is -2.19. The van der Waals surface area contributed by atoms with Crippen molar-refractivity contribution in [2.75, 3.05) is 11.9 Å². The molecule has 0 heterocycles. The van der Waals surface area contributed by atoms with Crippen LogP contribution in [0.2, 0.25) is 0 Å². The zero-order valence-electron chi connectivity index (χ0n) is 17.1. The SMILES string of the molecule is CCCCOC(=O)c1ccc(NC(=O)C(CC)Oc2cc(C)ccc2C)cc1. The largest absolute Gasteiger partial charge is 0.480 e. The van der Waals surface area contributed by atoms with Crippen molar-refractivity contribution in [3.8, 4) is 5.75 Å². The summed E-state index contributed by atoms with van der Waals surface area (Å²) in [5, 5.41) is 2.85. The Balaban J connectivity index is 1.98. The Morgan fingerprint density at radius 1 is 1.04 bits per heavy atom. The van der Waals surface area contributed by atoms with E-state index in [1.807, 2.05) is 45.9 Å². The standard InChI is InChI=1S/C23H29NO4/c1-5-7-14-27-23(26)18-10-12-19(13-11-18)24-22(25)20(6-2)28-21-15-16(3)8-9-17(21)4/h8-13,15,20H,5-7,14H2,1-4H3,(H,24,25). The first kappa shape index (κ1) is 21.5. The maximum Gasteiger partial charge on any atom is 0.338 e. The van der Waals surface area contributed by atoms with E-state index in [0.717, 1.165) is 24.0 Å². The number of benzene rings is 2. The van der Waals surface area contributed by atoms with Gasteiger partial charge in [0.2, 0.25) is 0 Å². The Morgan fingerprint density at radius 2 is 1.75 bits per heavy atom. The highest BCUT2D eigenvalue weighted by molar-refractivity contribution is 5.95. The van der Waals surface area contributed by atoms with Gasteiger partial charge in [0.05, 0.1) is 12.2 Å². The van der Waals surface area contributed by atoms with Crippen LogP contribution in [0, 0.1) is 13.8 Å².